The molecular weight excluding hydrogens is 631 g/mol. The van der Waals surface area contributed by atoms with Crippen molar-refractivity contribution < 1.29 is 4.42 Å². The lowest BCUT2D eigenvalue weighted by atomic mass is 9.80. The van der Waals surface area contributed by atoms with Gasteiger partial charge in [0, 0.05) is 27.7 Å². The van der Waals surface area contributed by atoms with Crippen molar-refractivity contribution in [2.75, 3.05) is 4.90 Å². The summed E-state index contributed by atoms with van der Waals surface area (Å²) in [4.78, 5) is 2.45. The molecule has 52 heavy (non-hydrogen) atoms. The zero-order valence-electron chi connectivity index (χ0n) is 30.4. The predicted octanol–water partition coefficient (Wildman–Crippen LogP) is 14.9. The summed E-state index contributed by atoms with van der Waals surface area (Å²) in [7, 11) is 0. The third-order valence-electron chi connectivity index (χ3n) is 11.2. The van der Waals surface area contributed by atoms with Gasteiger partial charge in [-0.2, -0.15) is 0 Å². The van der Waals surface area contributed by atoms with Crippen LogP contribution in [0.2, 0.25) is 0 Å². The Bertz CT molecular complexity index is 2520. The summed E-state index contributed by atoms with van der Waals surface area (Å²) in [6, 6.07) is 55.8. The van der Waals surface area contributed by atoms with E-state index in [0.717, 1.165) is 33.3 Å². The smallest absolute Gasteiger partial charge is 0.136 e. The predicted molar refractivity (Wildman–Crippen MR) is 221 cm³/mol. The van der Waals surface area contributed by atoms with Crippen LogP contribution in [0.1, 0.15) is 69.9 Å². The Morgan fingerprint density at radius 1 is 0.519 bits per heavy atom. The lowest BCUT2D eigenvalue weighted by molar-refractivity contribution is 0.445. The van der Waals surface area contributed by atoms with Crippen molar-refractivity contribution in [1.29, 1.82) is 0 Å². The third kappa shape index (κ3) is 5.77. The van der Waals surface area contributed by atoms with Crippen molar-refractivity contribution in [2.45, 2.75) is 64.2 Å². The monoisotopic (exact) mass is 675 g/mol. The van der Waals surface area contributed by atoms with Gasteiger partial charge in [-0.15, -0.1) is 0 Å². The number of fused-ring (bicyclic) bond motifs is 4. The summed E-state index contributed by atoms with van der Waals surface area (Å²) in [6.07, 6.45) is 6.54. The Morgan fingerprint density at radius 3 is 1.90 bits per heavy atom. The van der Waals surface area contributed by atoms with E-state index in [1.807, 2.05) is 6.07 Å². The number of furan rings is 1. The van der Waals surface area contributed by atoms with E-state index in [2.05, 4.69) is 171 Å². The first-order chi connectivity index (χ1) is 25.4. The summed E-state index contributed by atoms with van der Waals surface area (Å²) in [5, 5.41) is 5.04. The van der Waals surface area contributed by atoms with Crippen LogP contribution in [-0.2, 0) is 5.41 Å². The standard InChI is InChI=1S/C50H45NO/c1-50(2,3)37-28-32-39(33-29-37)51(38-30-26-35(27-31-38)41-21-13-25-47-49(41)44-19-8-10-24-46(44)52-47)45-23-9-7-18-42(45)43-22-12-17-36-16-11-20-40(48(36)43)34-14-5-4-6-15-34/h7-13,16-34H,4-6,14-15H2,1-3H3. The molecule has 0 unspecified atom stereocenters. The second-order valence-electron chi connectivity index (χ2n) is 15.6. The van der Waals surface area contributed by atoms with E-state index in [1.54, 1.807) is 0 Å². The Morgan fingerprint density at radius 2 is 1.13 bits per heavy atom. The van der Waals surface area contributed by atoms with Gasteiger partial charge in [0.25, 0.3) is 0 Å². The summed E-state index contributed by atoms with van der Waals surface area (Å²) >= 11 is 0. The van der Waals surface area contributed by atoms with E-state index in [0.29, 0.717) is 5.92 Å². The molecule has 1 aliphatic rings. The fourth-order valence-electron chi connectivity index (χ4n) is 8.59. The normalized spacial score (nSPS) is 14.0. The van der Waals surface area contributed by atoms with Gasteiger partial charge in [0.2, 0.25) is 0 Å². The molecule has 1 heterocycles. The van der Waals surface area contributed by atoms with Crippen molar-refractivity contribution in [3.8, 4) is 22.3 Å². The molecule has 8 aromatic rings. The maximum Gasteiger partial charge on any atom is 0.136 e. The molecular formula is C50H45NO. The lowest BCUT2D eigenvalue weighted by Crippen LogP contribution is -2.14. The largest absolute Gasteiger partial charge is 0.456 e. The molecule has 0 spiro atoms. The van der Waals surface area contributed by atoms with Gasteiger partial charge in [-0.25, -0.2) is 0 Å². The van der Waals surface area contributed by atoms with Crippen molar-refractivity contribution >= 4 is 49.8 Å². The molecule has 0 radical (unpaired) electrons. The van der Waals surface area contributed by atoms with Crippen molar-refractivity contribution in [1.82, 2.24) is 0 Å². The SMILES string of the molecule is CC(C)(C)c1ccc(N(c2ccc(-c3cccc4oc5ccccc5c34)cc2)c2ccccc2-c2cccc3cccc(C4CCCCC4)c23)cc1. The Hall–Kier alpha value is -5.60. The highest BCUT2D eigenvalue weighted by molar-refractivity contribution is 6.12. The van der Waals surface area contributed by atoms with Crippen LogP contribution in [0.5, 0.6) is 0 Å². The molecule has 1 saturated carbocycles. The zero-order chi connectivity index (χ0) is 35.2. The van der Waals surface area contributed by atoms with Gasteiger partial charge in [-0.3, -0.25) is 0 Å². The van der Waals surface area contributed by atoms with Gasteiger partial charge in [0.15, 0.2) is 0 Å². The summed E-state index contributed by atoms with van der Waals surface area (Å²) < 4.78 is 6.25. The molecule has 7 aromatic carbocycles. The number of rotatable bonds is 6. The highest BCUT2D eigenvalue weighted by Gasteiger charge is 2.23. The molecule has 256 valence electrons. The number of benzene rings is 7. The number of hydrogen-bond acceptors (Lipinski definition) is 2. The van der Waals surface area contributed by atoms with Crippen LogP contribution in [0, 0.1) is 0 Å². The minimum Gasteiger partial charge on any atom is -0.456 e. The Labute approximate surface area is 307 Å². The minimum absolute atomic E-state index is 0.0691. The van der Waals surface area contributed by atoms with Crippen molar-refractivity contribution in [3.63, 3.8) is 0 Å². The molecule has 1 aromatic heterocycles. The number of hydrogen-bond donors (Lipinski definition) is 0. The molecule has 0 N–H and O–H groups in total. The fraction of sp³-hybridized carbons (Fsp3) is 0.200. The number of anilines is 3. The van der Waals surface area contributed by atoms with E-state index in [1.165, 1.54) is 81.9 Å². The fourth-order valence-corrected chi connectivity index (χ4v) is 8.59. The van der Waals surface area contributed by atoms with Gasteiger partial charge in [-0.1, -0.05) is 149 Å². The zero-order valence-corrected chi connectivity index (χ0v) is 30.4. The molecule has 2 heteroatoms. The van der Waals surface area contributed by atoms with Gasteiger partial charge in [0.1, 0.15) is 11.2 Å². The Balaban J connectivity index is 1.21. The van der Waals surface area contributed by atoms with E-state index in [4.69, 9.17) is 4.42 Å². The maximum absolute atomic E-state index is 6.25. The first-order valence-corrected chi connectivity index (χ1v) is 19.0. The summed E-state index contributed by atoms with van der Waals surface area (Å²) in [5.41, 5.74) is 13.1. The summed E-state index contributed by atoms with van der Waals surface area (Å²) in [6.45, 7) is 6.84. The van der Waals surface area contributed by atoms with Crippen LogP contribution < -0.4 is 4.90 Å². The first-order valence-electron chi connectivity index (χ1n) is 19.0. The molecule has 0 atom stereocenters. The second-order valence-corrected chi connectivity index (χ2v) is 15.6. The minimum atomic E-state index is 0.0691. The molecule has 1 fully saturated rings. The van der Waals surface area contributed by atoms with Crippen LogP contribution in [0.15, 0.2) is 156 Å². The van der Waals surface area contributed by atoms with Crippen LogP contribution >= 0.6 is 0 Å². The van der Waals surface area contributed by atoms with Crippen LogP contribution in [0.25, 0.3) is 55.0 Å². The van der Waals surface area contributed by atoms with Crippen molar-refractivity contribution in [2.24, 2.45) is 0 Å². The molecule has 9 rings (SSSR count). The van der Waals surface area contributed by atoms with Crippen LogP contribution in [0.3, 0.4) is 0 Å². The quantitative estimate of drug-likeness (QED) is 0.174. The average molecular weight is 676 g/mol. The van der Waals surface area contributed by atoms with Gasteiger partial charge < -0.3 is 9.32 Å². The van der Waals surface area contributed by atoms with Crippen molar-refractivity contribution in [3.05, 3.63) is 163 Å². The number of nitrogens with zero attached hydrogens (tertiary/aromatic N) is 1. The van der Waals surface area contributed by atoms with Gasteiger partial charge >= 0.3 is 0 Å². The van der Waals surface area contributed by atoms with Gasteiger partial charge in [-0.05, 0) is 105 Å². The van der Waals surface area contributed by atoms with E-state index < -0.39 is 0 Å². The highest BCUT2D eigenvalue weighted by atomic mass is 16.3. The Kier molecular flexibility index (Phi) is 8.19. The molecule has 2 nitrogen and oxygen atoms in total. The third-order valence-corrected chi connectivity index (χ3v) is 11.2. The lowest BCUT2D eigenvalue weighted by Gasteiger charge is -2.30. The highest BCUT2D eigenvalue weighted by Crippen LogP contribution is 2.46. The average Bonchev–Trinajstić information content (AvgIpc) is 3.57. The van der Waals surface area contributed by atoms with E-state index in [9.17, 15) is 0 Å². The van der Waals surface area contributed by atoms with E-state index >= 15 is 0 Å². The van der Waals surface area contributed by atoms with E-state index in [-0.39, 0.29) is 5.41 Å². The number of para-hydroxylation sites is 2. The molecule has 0 aliphatic heterocycles. The second kappa shape index (κ2) is 13.2. The van der Waals surface area contributed by atoms with Gasteiger partial charge in [0.05, 0.1) is 5.69 Å². The van der Waals surface area contributed by atoms with Crippen LogP contribution in [-0.4, -0.2) is 0 Å². The molecule has 0 amide bonds. The molecule has 1 aliphatic carbocycles. The summed E-state index contributed by atoms with van der Waals surface area (Å²) in [5.74, 6) is 0.608. The topological polar surface area (TPSA) is 16.4 Å². The molecule has 0 saturated heterocycles. The molecule has 0 bridgehead atoms. The maximum atomic E-state index is 6.25. The van der Waals surface area contributed by atoms with Crippen LogP contribution in [0.4, 0.5) is 17.1 Å². The first kappa shape index (κ1) is 32.3.